The molecule has 0 bridgehead atoms. The number of tetrazole rings is 1. The molecule has 1 fully saturated rings. The third-order valence-electron chi connectivity index (χ3n) is 7.33. The van der Waals surface area contributed by atoms with Crippen molar-refractivity contribution in [3.63, 3.8) is 0 Å². The van der Waals surface area contributed by atoms with Gasteiger partial charge in [-0.05, 0) is 72.0 Å². The zero-order valence-electron chi connectivity index (χ0n) is 20.8. The van der Waals surface area contributed by atoms with Crippen molar-refractivity contribution in [1.29, 1.82) is 0 Å². The van der Waals surface area contributed by atoms with Crippen molar-refractivity contribution in [2.45, 2.75) is 57.8 Å². The van der Waals surface area contributed by atoms with Crippen LogP contribution in [0.4, 0.5) is 0 Å². The Bertz CT molecular complexity index is 1540. The van der Waals surface area contributed by atoms with E-state index in [4.69, 9.17) is 4.42 Å². The van der Waals surface area contributed by atoms with Gasteiger partial charge in [0.25, 0.3) is 5.56 Å². The first-order valence-electron chi connectivity index (χ1n) is 12.8. The molecule has 9 nitrogen and oxygen atoms in total. The first-order chi connectivity index (χ1) is 18.2. The highest BCUT2D eigenvalue weighted by Gasteiger charge is 2.37. The van der Waals surface area contributed by atoms with Crippen molar-refractivity contribution < 1.29 is 9.32 Å². The van der Waals surface area contributed by atoms with Gasteiger partial charge in [0.2, 0.25) is 5.82 Å². The highest BCUT2D eigenvalue weighted by molar-refractivity contribution is 5.79. The average Bonchev–Trinajstić information content (AvgIpc) is 3.69. The normalized spacial score (nSPS) is 15.8. The Balaban J connectivity index is 1.54. The maximum Gasteiger partial charge on any atom is 0.258 e. The Morgan fingerprint density at radius 1 is 1.14 bits per heavy atom. The molecule has 2 N–H and O–H groups in total. The van der Waals surface area contributed by atoms with E-state index in [9.17, 15) is 4.79 Å². The second kappa shape index (κ2) is 10.1. The van der Waals surface area contributed by atoms with Crippen molar-refractivity contribution in [1.82, 2.24) is 30.2 Å². The van der Waals surface area contributed by atoms with Crippen molar-refractivity contribution in [2.75, 3.05) is 0 Å². The minimum atomic E-state index is -0.422. The minimum Gasteiger partial charge on any atom is -0.463 e. The van der Waals surface area contributed by atoms with E-state index < -0.39 is 6.04 Å². The number of rotatable bonds is 8. The van der Waals surface area contributed by atoms with Gasteiger partial charge < -0.3 is 14.3 Å². The highest BCUT2D eigenvalue weighted by Crippen LogP contribution is 2.31. The molecule has 0 spiro atoms. The molecule has 0 aliphatic heterocycles. The Labute approximate surface area is 214 Å². The summed E-state index contributed by atoms with van der Waals surface area (Å²) in [5, 5.41) is 14.1. The van der Waals surface area contributed by atoms with Gasteiger partial charge in [0, 0.05) is 23.5 Å². The average molecular weight is 497 g/mol. The van der Waals surface area contributed by atoms with E-state index in [1.807, 2.05) is 47.3 Å². The molecule has 0 radical (unpaired) electrons. The van der Waals surface area contributed by atoms with E-state index in [0.29, 0.717) is 24.5 Å². The molecule has 1 unspecified atom stereocenters. The van der Waals surface area contributed by atoms with Crippen LogP contribution in [0.2, 0.25) is 0 Å². The molecule has 4 aromatic heterocycles. The summed E-state index contributed by atoms with van der Waals surface area (Å²) in [6.45, 7) is 3.22. The fraction of sp³-hybridized carbons (Fsp3) is 0.321. The van der Waals surface area contributed by atoms with E-state index in [1.165, 1.54) is 0 Å². The Kier molecular flexibility index (Phi) is 6.36. The van der Waals surface area contributed by atoms with Crippen molar-refractivity contribution in [2.24, 2.45) is 0 Å². The predicted octanol–water partition coefficient (Wildman–Crippen LogP) is 3.30. The van der Waals surface area contributed by atoms with Gasteiger partial charge in [-0.15, -0.1) is 5.10 Å². The molecule has 4 heterocycles. The minimum absolute atomic E-state index is 0.134. The largest absolute Gasteiger partial charge is 0.463 e. The number of fused-ring (bicyclic) bond motifs is 1. The summed E-state index contributed by atoms with van der Waals surface area (Å²) < 4.78 is 7.73. The number of nitrogens with zero attached hydrogens (tertiary/aromatic N) is 5. The summed E-state index contributed by atoms with van der Waals surface area (Å²) in [6, 6.07) is 15.7. The number of quaternary nitrogens is 1. The number of aryl methyl sites for hydroxylation is 1. The van der Waals surface area contributed by atoms with Gasteiger partial charge in [0.15, 0.2) is 11.8 Å². The lowest BCUT2D eigenvalue weighted by Crippen LogP contribution is -3.10. The van der Waals surface area contributed by atoms with Gasteiger partial charge in [0.1, 0.15) is 13.1 Å². The van der Waals surface area contributed by atoms with Crippen molar-refractivity contribution in [3.8, 4) is 0 Å². The summed E-state index contributed by atoms with van der Waals surface area (Å²) in [5.41, 5.74) is 3.51. The second-order valence-corrected chi connectivity index (χ2v) is 9.95. The molecule has 6 rings (SSSR count). The van der Waals surface area contributed by atoms with Crippen molar-refractivity contribution >= 4 is 10.9 Å². The van der Waals surface area contributed by atoms with Gasteiger partial charge in [-0.3, -0.25) is 9.78 Å². The monoisotopic (exact) mass is 496 g/mol. The molecular weight excluding hydrogens is 466 g/mol. The number of furan rings is 1. The van der Waals surface area contributed by atoms with E-state index in [2.05, 4.69) is 44.5 Å². The maximum absolute atomic E-state index is 13.7. The van der Waals surface area contributed by atoms with Crippen LogP contribution in [0.1, 0.15) is 66.0 Å². The van der Waals surface area contributed by atoms with Gasteiger partial charge in [-0.25, -0.2) is 4.68 Å². The Morgan fingerprint density at radius 2 is 2.03 bits per heavy atom. The van der Waals surface area contributed by atoms with Crippen LogP contribution in [0, 0.1) is 6.92 Å². The standard InChI is InChI=1S/C28H29N7O2/c1-19-10-11-25-21(14-19)15-24(28(36)30-25)26(27-31-32-33-35(27)22-7-2-3-8-22)34(18-23-9-5-13-37-23)17-20-6-4-12-29-16-20/h4-6,9-16,22,26H,2-3,7-8,17-18H2,1H3,(H,30,36)/p+1/t26-/m1/s1. The molecule has 37 heavy (non-hydrogen) atoms. The van der Waals surface area contributed by atoms with Crippen LogP contribution in [-0.4, -0.2) is 30.2 Å². The Morgan fingerprint density at radius 3 is 2.81 bits per heavy atom. The third-order valence-corrected chi connectivity index (χ3v) is 7.33. The molecular formula is C28H30N7O2+. The van der Waals surface area contributed by atoms with Crippen LogP contribution in [0.5, 0.6) is 0 Å². The molecule has 1 aliphatic carbocycles. The van der Waals surface area contributed by atoms with Crippen LogP contribution in [0.3, 0.4) is 0 Å². The summed E-state index contributed by atoms with van der Waals surface area (Å²) in [4.78, 5) is 22.2. The van der Waals surface area contributed by atoms with Gasteiger partial charge in [0.05, 0.1) is 17.9 Å². The fourth-order valence-electron chi connectivity index (χ4n) is 5.57. The molecule has 0 amide bonds. The zero-order valence-corrected chi connectivity index (χ0v) is 20.8. The predicted molar refractivity (Wildman–Crippen MR) is 138 cm³/mol. The molecule has 9 heteroatoms. The van der Waals surface area contributed by atoms with Crippen molar-refractivity contribution in [3.05, 3.63) is 106 Å². The van der Waals surface area contributed by atoms with E-state index in [1.54, 1.807) is 12.5 Å². The van der Waals surface area contributed by atoms with E-state index in [-0.39, 0.29) is 11.6 Å². The first kappa shape index (κ1) is 23.3. The fourth-order valence-corrected chi connectivity index (χ4v) is 5.57. The molecule has 1 saturated carbocycles. The molecule has 1 aromatic carbocycles. The third kappa shape index (κ3) is 4.82. The lowest BCUT2D eigenvalue weighted by Gasteiger charge is -2.28. The summed E-state index contributed by atoms with van der Waals surface area (Å²) in [6.07, 6.45) is 9.70. The molecule has 0 saturated heterocycles. The summed E-state index contributed by atoms with van der Waals surface area (Å²) in [7, 11) is 0. The molecule has 2 atom stereocenters. The summed E-state index contributed by atoms with van der Waals surface area (Å²) >= 11 is 0. The highest BCUT2D eigenvalue weighted by atomic mass is 16.3. The number of aromatic amines is 1. The number of nitrogens with one attached hydrogen (secondary N) is 2. The SMILES string of the molecule is Cc1ccc2[nH]c(=O)c([C@H](c3nnnn3C3CCCC3)[NH+](Cc3cccnc3)Cc3ccco3)cc2c1. The molecule has 188 valence electrons. The lowest BCUT2D eigenvalue weighted by atomic mass is 10.0. The van der Waals surface area contributed by atoms with Gasteiger partial charge in [-0.2, -0.15) is 0 Å². The quantitative estimate of drug-likeness (QED) is 0.341. The van der Waals surface area contributed by atoms with Crippen LogP contribution in [0.25, 0.3) is 10.9 Å². The van der Waals surface area contributed by atoms with Gasteiger partial charge in [-0.1, -0.05) is 30.5 Å². The van der Waals surface area contributed by atoms with Crippen LogP contribution in [0.15, 0.2) is 76.4 Å². The number of hydrogen-bond donors (Lipinski definition) is 2. The Hall–Kier alpha value is -4.11. The van der Waals surface area contributed by atoms with Crippen LogP contribution >= 0.6 is 0 Å². The van der Waals surface area contributed by atoms with Gasteiger partial charge >= 0.3 is 0 Å². The van der Waals surface area contributed by atoms with E-state index >= 15 is 0 Å². The number of H-pyrrole nitrogens is 1. The number of benzene rings is 1. The number of hydrogen-bond acceptors (Lipinski definition) is 6. The van der Waals surface area contributed by atoms with Crippen LogP contribution in [-0.2, 0) is 13.1 Å². The number of aromatic nitrogens is 6. The smallest absolute Gasteiger partial charge is 0.258 e. The van der Waals surface area contributed by atoms with Crippen LogP contribution < -0.4 is 10.5 Å². The summed E-state index contributed by atoms with van der Waals surface area (Å²) in [5.74, 6) is 1.53. The number of pyridine rings is 2. The second-order valence-electron chi connectivity index (χ2n) is 9.95. The molecule has 5 aromatic rings. The maximum atomic E-state index is 13.7. The zero-order chi connectivity index (χ0) is 25.2. The lowest BCUT2D eigenvalue weighted by molar-refractivity contribution is -0.954. The molecule has 1 aliphatic rings. The topological polar surface area (TPSA) is 107 Å². The van der Waals surface area contributed by atoms with E-state index in [0.717, 1.165) is 58.4 Å². The first-order valence-corrected chi connectivity index (χ1v) is 12.8.